The molecule has 23 heavy (non-hydrogen) atoms. The van der Waals surface area contributed by atoms with E-state index in [1.807, 2.05) is 0 Å². The summed E-state index contributed by atoms with van der Waals surface area (Å²) in [6.07, 6.45) is 0. The van der Waals surface area contributed by atoms with Gasteiger partial charge in [0.1, 0.15) is 11.6 Å². The van der Waals surface area contributed by atoms with Gasteiger partial charge in [-0.3, -0.25) is 19.2 Å². The van der Waals surface area contributed by atoms with Crippen molar-refractivity contribution in [1.29, 1.82) is 0 Å². The van der Waals surface area contributed by atoms with Gasteiger partial charge in [0, 0.05) is 14.1 Å². The minimum Gasteiger partial charge on any atom is -0.497 e. The smallest absolute Gasteiger partial charge is 0.332 e. The van der Waals surface area contributed by atoms with Crippen LogP contribution in [-0.2, 0) is 14.1 Å². The van der Waals surface area contributed by atoms with Crippen LogP contribution in [-0.4, -0.2) is 22.3 Å². The molecule has 0 spiro atoms. The lowest BCUT2D eigenvalue weighted by molar-refractivity contribution is 0.248. The first-order valence-electron chi connectivity index (χ1n) is 6.95. The number of ether oxygens (including phenoxy) is 1. The van der Waals surface area contributed by atoms with Crippen LogP contribution < -0.4 is 26.6 Å². The normalized spacial score (nSPS) is 16.3. The van der Waals surface area contributed by atoms with Gasteiger partial charge in [-0.25, -0.2) is 9.59 Å². The number of benzene rings is 1. The number of hydrogen-bond acceptors (Lipinski definition) is 4. The predicted molar refractivity (Wildman–Crippen MR) is 83.9 cm³/mol. The van der Waals surface area contributed by atoms with Crippen LogP contribution in [0.4, 0.5) is 10.6 Å². The van der Waals surface area contributed by atoms with E-state index in [0.29, 0.717) is 16.9 Å². The molecule has 1 unspecified atom stereocenters. The number of hydrogen-bond donors (Lipinski definition) is 2. The van der Waals surface area contributed by atoms with E-state index in [4.69, 9.17) is 4.74 Å². The standard InChI is InChI=1S/C15H16N4O4/c1-18-12-10(13(20)19(2)15(18)22)11(16-14(21)17-12)8-5-4-6-9(7-8)23-3/h4-7,11H,1-3H3,(H2,16,17,21). The highest BCUT2D eigenvalue weighted by Gasteiger charge is 2.31. The molecule has 0 bridgehead atoms. The number of fused-ring (bicyclic) bond motifs is 1. The van der Waals surface area contributed by atoms with Crippen molar-refractivity contribution < 1.29 is 9.53 Å². The number of anilines is 1. The third-order valence-electron chi connectivity index (χ3n) is 3.92. The molecule has 1 aliphatic rings. The molecule has 1 aromatic heterocycles. The van der Waals surface area contributed by atoms with Gasteiger partial charge in [-0.05, 0) is 17.7 Å². The summed E-state index contributed by atoms with van der Waals surface area (Å²) in [5.74, 6) is 0.813. The van der Waals surface area contributed by atoms with Crippen LogP contribution in [0.25, 0.3) is 0 Å². The summed E-state index contributed by atoms with van der Waals surface area (Å²) in [5, 5.41) is 5.25. The summed E-state index contributed by atoms with van der Waals surface area (Å²) in [4.78, 5) is 36.6. The highest BCUT2D eigenvalue weighted by molar-refractivity contribution is 5.92. The predicted octanol–water partition coefficient (Wildman–Crippen LogP) is 0.317. The van der Waals surface area contributed by atoms with Crippen LogP contribution in [0.1, 0.15) is 17.2 Å². The molecule has 2 aromatic rings. The fourth-order valence-corrected chi connectivity index (χ4v) is 2.70. The summed E-state index contributed by atoms with van der Waals surface area (Å²) in [5.41, 5.74) is 0.0439. The van der Waals surface area contributed by atoms with E-state index in [1.54, 1.807) is 24.3 Å². The minimum atomic E-state index is -0.667. The lowest BCUT2D eigenvalue weighted by Gasteiger charge is -2.28. The Morgan fingerprint density at radius 1 is 1.13 bits per heavy atom. The quantitative estimate of drug-likeness (QED) is 0.834. The van der Waals surface area contributed by atoms with E-state index < -0.39 is 23.3 Å². The molecule has 120 valence electrons. The number of amides is 2. The molecule has 8 nitrogen and oxygen atoms in total. The van der Waals surface area contributed by atoms with Gasteiger partial charge in [-0.1, -0.05) is 12.1 Å². The Labute approximate surface area is 131 Å². The number of aromatic nitrogens is 2. The van der Waals surface area contributed by atoms with Crippen molar-refractivity contribution in [3.63, 3.8) is 0 Å². The van der Waals surface area contributed by atoms with Gasteiger partial charge in [0.15, 0.2) is 0 Å². The number of methoxy groups -OCH3 is 1. The molecule has 2 amide bonds. The average Bonchev–Trinajstić information content (AvgIpc) is 2.57. The van der Waals surface area contributed by atoms with Crippen LogP contribution in [0.3, 0.4) is 0 Å². The SMILES string of the molecule is COc1cccc(C2NC(=O)Nc3c2c(=O)n(C)c(=O)n3C)c1. The van der Waals surface area contributed by atoms with E-state index in [0.717, 1.165) is 4.57 Å². The van der Waals surface area contributed by atoms with Crippen molar-refractivity contribution in [1.82, 2.24) is 14.5 Å². The number of rotatable bonds is 2. The first kappa shape index (κ1) is 14.9. The summed E-state index contributed by atoms with van der Waals surface area (Å²) < 4.78 is 7.46. The van der Waals surface area contributed by atoms with E-state index in [1.165, 1.54) is 25.8 Å². The van der Waals surface area contributed by atoms with E-state index in [2.05, 4.69) is 10.6 Å². The van der Waals surface area contributed by atoms with Gasteiger partial charge in [0.2, 0.25) is 0 Å². The Kier molecular flexibility index (Phi) is 3.44. The highest BCUT2D eigenvalue weighted by Crippen LogP contribution is 2.29. The maximum Gasteiger partial charge on any atom is 0.332 e. The van der Waals surface area contributed by atoms with Gasteiger partial charge in [0.05, 0.1) is 18.7 Å². The fourth-order valence-electron chi connectivity index (χ4n) is 2.70. The molecule has 0 fully saturated rings. The average molecular weight is 316 g/mol. The molecule has 0 aliphatic carbocycles. The largest absolute Gasteiger partial charge is 0.497 e. The van der Waals surface area contributed by atoms with Crippen molar-refractivity contribution in [2.75, 3.05) is 12.4 Å². The second-order valence-electron chi connectivity index (χ2n) is 5.28. The molecule has 1 atom stereocenters. The molecular weight excluding hydrogens is 300 g/mol. The zero-order chi connectivity index (χ0) is 16.7. The Balaban J connectivity index is 2.29. The topological polar surface area (TPSA) is 94.4 Å². The summed E-state index contributed by atoms with van der Waals surface area (Å²) in [6, 6.07) is 5.92. The zero-order valence-electron chi connectivity index (χ0n) is 12.9. The minimum absolute atomic E-state index is 0.203. The summed E-state index contributed by atoms with van der Waals surface area (Å²) in [7, 11) is 4.45. The molecule has 0 saturated carbocycles. The van der Waals surface area contributed by atoms with Crippen molar-refractivity contribution in [2.24, 2.45) is 14.1 Å². The molecule has 0 radical (unpaired) electrons. The molecule has 1 aliphatic heterocycles. The van der Waals surface area contributed by atoms with Crippen LogP contribution >= 0.6 is 0 Å². The molecule has 8 heteroatoms. The van der Waals surface area contributed by atoms with Crippen LogP contribution in [0.2, 0.25) is 0 Å². The van der Waals surface area contributed by atoms with Gasteiger partial charge in [-0.2, -0.15) is 0 Å². The molecular formula is C15H16N4O4. The molecule has 3 rings (SSSR count). The summed E-state index contributed by atoms with van der Waals surface area (Å²) in [6.45, 7) is 0. The van der Waals surface area contributed by atoms with Gasteiger partial charge >= 0.3 is 11.7 Å². The first-order chi connectivity index (χ1) is 10.9. The Morgan fingerprint density at radius 3 is 2.57 bits per heavy atom. The third-order valence-corrected chi connectivity index (χ3v) is 3.92. The van der Waals surface area contributed by atoms with Crippen LogP contribution in [0.5, 0.6) is 5.75 Å². The highest BCUT2D eigenvalue weighted by atomic mass is 16.5. The first-order valence-corrected chi connectivity index (χ1v) is 6.95. The lowest BCUT2D eigenvalue weighted by Crippen LogP contribution is -2.49. The van der Waals surface area contributed by atoms with Crippen molar-refractivity contribution in [3.8, 4) is 5.75 Å². The fraction of sp³-hybridized carbons (Fsp3) is 0.267. The van der Waals surface area contributed by atoms with Gasteiger partial charge in [0.25, 0.3) is 5.56 Å². The molecule has 2 heterocycles. The number of urea groups is 1. The lowest BCUT2D eigenvalue weighted by atomic mass is 9.98. The molecule has 0 saturated heterocycles. The second-order valence-corrected chi connectivity index (χ2v) is 5.28. The Hall–Kier alpha value is -3.03. The van der Waals surface area contributed by atoms with Crippen molar-refractivity contribution >= 4 is 11.8 Å². The van der Waals surface area contributed by atoms with Gasteiger partial charge < -0.3 is 10.1 Å². The number of nitrogens with one attached hydrogen (secondary N) is 2. The number of nitrogens with zero attached hydrogens (tertiary/aromatic N) is 2. The monoisotopic (exact) mass is 316 g/mol. The van der Waals surface area contributed by atoms with Crippen LogP contribution in [0.15, 0.2) is 33.9 Å². The second kappa shape index (κ2) is 5.31. The van der Waals surface area contributed by atoms with E-state index in [-0.39, 0.29) is 5.82 Å². The maximum absolute atomic E-state index is 12.6. The van der Waals surface area contributed by atoms with Crippen LogP contribution in [0, 0.1) is 0 Å². The maximum atomic E-state index is 12.6. The zero-order valence-corrected chi connectivity index (χ0v) is 12.9. The molecule has 2 N–H and O–H groups in total. The Morgan fingerprint density at radius 2 is 1.87 bits per heavy atom. The van der Waals surface area contributed by atoms with E-state index in [9.17, 15) is 14.4 Å². The van der Waals surface area contributed by atoms with Crippen molar-refractivity contribution in [3.05, 3.63) is 56.2 Å². The summed E-state index contributed by atoms with van der Waals surface area (Å²) >= 11 is 0. The Bertz CT molecular complexity index is 913. The van der Waals surface area contributed by atoms with Gasteiger partial charge in [-0.15, -0.1) is 0 Å². The number of carbonyl (C=O) groups excluding carboxylic acids is 1. The third kappa shape index (κ3) is 2.28. The van der Waals surface area contributed by atoms with E-state index >= 15 is 0 Å². The van der Waals surface area contributed by atoms with Crippen molar-refractivity contribution in [2.45, 2.75) is 6.04 Å². The number of carbonyl (C=O) groups is 1. The molecule has 1 aromatic carbocycles.